The summed E-state index contributed by atoms with van der Waals surface area (Å²) in [5.41, 5.74) is -0.328. The van der Waals surface area contributed by atoms with E-state index in [-0.39, 0.29) is 16.3 Å². The zero-order chi connectivity index (χ0) is 15.2. The van der Waals surface area contributed by atoms with Crippen LogP contribution >= 0.6 is 11.6 Å². The average Bonchev–Trinajstić information content (AvgIpc) is 2.47. The van der Waals surface area contributed by atoms with Gasteiger partial charge >= 0.3 is 0 Å². The fourth-order valence-electron chi connectivity index (χ4n) is 2.54. The lowest BCUT2D eigenvalue weighted by Crippen LogP contribution is -2.33. The van der Waals surface area contributed by atoms with Crippen molar-refractivity contribution < 1.29 is 9.72 Å². The molecule has 2 rings (SSSR count). The third-order valence-electron chi connectivity index (χ3n) is 3.65. The Hall–Kier alpha value is -1.66. The van der Waals surface area contributed by atoms with Gasteiger partial charge in [0.05, 0.1) is 9.95 Å². The largest absolute Gasteiger partial charge is 0.352 e. The van der Waals surface area contributed by atoms with Crippen molar-refractivity contribution in [2.24, 2.45) is 5.92 Å². The quantitative estimate of drug-likeness (QED) is 0.646. The lowest BCUT2D eigenvalue weighted by molar-refractivity contribution is -0.385. The van der Waals surface area contributed by atoms with Crippen LogP contribution in [0.2, 0.25) is 5.02 Å². The number of rotatable bonds is 5. The van der Waals surface area contributed by atoms with Crippen molar-refractivity contribution in [1.29, 1.82) is 0 Å². The molecule has 1 heterocycles. The molecule has 1 aromatic rings. The van der Waals surface area contributed by atoms with Gasteiger partial charge in [-0.15, -0.1) is 0 Å². The monoisotopic (exact) mass is 311 g/mol. The maximum Gasteiger partial charge on any atom is 0.283 e. The summed E-state index contributed by atoms with van der Waals surface area (Å²) in [6.07, 6.45) is 3.15. The van der Waals surface area contributed by atoms with Crippen LogP contribution in [0.25, 0.3) is 0 Å². The van der Waals surface area contributed by atoms with Gasteiger partial charge in [-0.3, -0.25) is 14.9 Å². The zero-order valence-electron chi connectivity index (χ0n) is 11.6. The standard InChI is InChI=1S/C14H18ClN3O3/c15-11-4-1-5-12(18(20)21)13(11)14(19)17-8-6-10-3-2-7-16-9-10/h1,4-5,10,16H,2-3,6-9H2,(H,17,19). The molecule has 1 aliphatic heterocycles. The Morgan fingerprint density at radius 2 is 2.33 bits per heavy atom. The number of halogens is 1. The highest BCUT2D eigenvalue weighted by atomic mass is 35.5. The first-order chi connectivity index (χ1) is 10.1. The smallest absolute Gasteiger partial charge is 0.283 e. The van der Waals surface area contributed by atoms with Crippen molar-refractivity contribution in [2.45, 2.75) is 19.3 Å². The maximum atomic E-state index is 12.1. The number of carbonyl (C=O) groups excluding carboxylic acids is 1. The number of amides is 1. The predicted molar refractivity (Wildman–Crippen MR) is 80.7 cm³/mol. The number of hydrogen-bond donors (Lipinski definition) is 2. The summed E-state index contributed by atoms with van der Waals surface area (Å²) in [6, 6.07) is 4.23. The van der Waals surface area contributed by atoms with Gasteiger partial charge in [-0.25, -0.2) is 0 Å². The van der Waals surface area contributed by atoms with Gasteiger partial charge < -0.3 is 10.6 Å². The highest BCUT2D eigenvalue weighted by Gasteiger charge is 2.23. The van der Waals surface area contributed by atoms with E-state index >= 15 is 0 Å². The van der Waals surface area contributed by atoms with Gasteiger partial charge in [0, 0.05) is 12.6 Å². The molecule has 1 atom stereocenters. The summed E-state index contributed by atoms with van der Waals surface area (Å²) < 4.78 is 0. The molecule has 0 aliphatic carbocycles. The van der Waals surface area contributed by atoms with E-state index in [1.165, 1.54) is 18.2 Å². The lowest BCUT2D eigenvalue weighted by atomic mass is 9.96. The summed E-state index contributed by atoms with van der Waals surface area (Å²) in [5.74, 6) is 0.0522. The van der Waals surface area contributed by atoms with Crippen molar-refractivity contribution in [2.75, 3.05) is 19.6 Å². The molecule has 1 aromatic carbocycles. The van der Waals surface area contributed by atoms with Crippen molar-refractivity contribution in [3.05, 3.63) is 38.9 Å². The second kappa shape index (κ2) is 7.38. The summed E-state index contributed by atoms with van der Waals surface area (Å²) in [6.45, 7) is 2.50. The van der Waals surface area contributed by atoms with Crippen LogP contribution < -0.4 is 10.6 Å². The van der Waals surface area contributed by atoms with Crippen molar-refractivity contribution in [1.82, 2.24) is 10.6 Å². The number of nitro benzene ring substituents is 1. The average molecular weight is 312 g/mol. The molecule has 0 radical (unpaired) electrons. The maximum absolute atomic E-state index is 12.1. The van der Waals surface area contributed by atoms with Crippen LogP contribution in [0.4, 0.5) is 5.69 Å². The molecule has 0 spiro atoms. The number of benzene rings is 1. The molecule has 1 amide bonds. The first-order valence-electron chi connectivity index (χ1n) is 7.01. The van der Waals surface area contributed by atoms with Gasteiger partial charge in [-0.05, 0) is 44.3 Å². The van der Waals surface area contributed by atoms with Gasteiger partial charge in [0.25, 0.3) is 11.6 Å². The summed E-state index contributed by atoms with van der Waals surface area (Å²) in [7, 11) is 0. The molecule has 6 nitrogen and oxygen atoms in total. The fourth-order valence-corrected chi connectivity index (χ4v) is 2.79. The third-order valence-corrected chi connectivity index (χ3v) is 3.97. The van der Waals surface area contributed by atoms with Gasteiger partial charge in [-0.2, -0.15) is 0 Å². The number of hydrogen-bond acceptors (Lipinski definition) is 4. The molecule has 0 aromatic heterocycles. The van der Waals surface area contributed by atoms with Gasteiger partial charge in [-0.1, -0.05) is 17.7 Å². The lowest BCUT2D eigenvalue weighted by Gasteiger charge is -2.22. The molecular weight excluding hydrogens is 294 g/mol. The van der Waals surface area contributed by atoms with Gasteiger partial charge in [0.2, 0.25) is 0 Å². The van der Waals surface area contributed by atoms with Crippen molar-refractivity contribution in [3.63, 3.8) is 0 Å². The number of nitro groups is 1. The molecule has 1 aliphatic rings. The van der Waals surface area contributed by atoms with Crippen LogP contribution in [0.3, 0.4) is 0 Å². The van der Waals surface area contributed by atoms with Crippen LogP contribution in [0.1, 0.15) is 29.6 Å². The Labute approximate surface area is 128 Å². The van der Waals surface area contributed by atoms with Crippen molar-refractivity contribution in [3.8, 4) is 0 Å². The summed E-state index contributed by atoms with van der Waals surface area (Å²) in [5, 5.41) is 17.1. The Morgan fingerprint density at radius 3 is 3.00 bits per heavy atom. The zero-order valence-corrected chi connectivity index (χ0v) is 12.4. The molecule has 2 N–H and O–H groups in total. The Bertz CT molecular complexity index is 530. The highest BCUT2D eigenvalue weighted by molar-refractivity contribution is 6.34. The minimum atomic E-state index is -0.591. The number of nitrogens with zero attached hydrogens (tertiary/aromatic N) is 1. The van der Waals surface area contributed by atoms with Crippen molar-refractivity contribution >= 4 is 23.2 Å². The topological polar surface area (TPSA) is 84.3 Å². The minimum absolute atomic E-state index is 0.0639. The van der Waals surface area contributed by atoms with E-state index in [9.17, 15) is 14.9 Å². The van der Waals surface area contributed by atoms with E-state index in [4.69, 9.17) is 11.6 Å². The van der Waals surface area contributed by atoms with E-state index in [2.05, 4.69) is 10.6 Å². The normalized spacial score (nSPS) is 18.2. The Kier molecular flexibility index (Phi) is 5.52. The molecule has 1 fully saturated rings. The first kappa shape index (κ1) is 15.7. The Balaban J connectivity index is 1.95. The van der Waals surface area contributed by atoms with E-state index in [0.29, 0.717) is 12.5 Å². The summed E-state index contributed by atoms with van der Waals surface area (Å²) in [4.78, 5) is 22.5. The molecular formula is C14H18ClN3O3. The van der Waals surface area contributed by atoms with Gasteiger partial charge in [0.15, 0.2) is 0 Å². The Morgan fingerprint density at radius 1 is 1.52 bits per heavy atom. The third kappa shape index (κ3) is 4.15. The second-order valence-electron chi connectivity index (χ2n) is 5.15. The van der Waals surface area contributed by atoms with E-state index < -0.39 is 10.8 Å². The number of carbonyl (C=O) groups is 1. The number of piperidine rings is 1. The van der Waals surface area contributed by atoms with Crippen LogP contribution in [0.15, 0.2) is 18.2 Å². The highest BCUT2D eigenvalue weighted by Crippen LogP contribution is 2.26. The minimum Gasteiger partial charge on any atom is -0.352 e. The fraction of sp³-hybridized carbons (Fsp3) is 0.500. The molecule has 7 heteroatoms. The second-order valence-corrected chi connectivity index (χ2v) is 5.56. The van der Waals surface area contributed by atoms with E-state index in [1.807, 2.05) is 0 Å². The number of nitrogens with one attached hydrogen (secondary N) is 2. The summed E-state index contributed by atoms with van der Waals surface area (Å²) >= 11 is 5.92. The molecule has 1 unspecified atom stereocenters. The van der Waals surface area contributed by atoms with Crippen LogP contribution in [0.5, 0.6) is 0 Å². The molecule has 1 saturated heterocycles. The van der Waals surface area contributed by atoms with Crippen LogP contribution in [-0.2, 0) is 0 Å². The molecule has 0 saturated carbocycles. The van der Waals surface area contributed by atoms with Crippen LogP contribution in [0, 0.1) is 16.0 Å². The first-order valence-corrected chi connectivity index (χ1v) is 7.39. The molecule has 0 bridgehead atoms. The predicted octanol–water partition coefficient (Wildman–Crippen LogP) is 2.37. The van der Waals surface area contributed by atoms with E-state index in [1.54, 1.807) is 0 Å². The van der Waals surface area contributed by atoms with Crippen LogP contribution in [-0.4, -0.2) is 30.5 Å². The SMILES string of the molecule is O=C(NCCC1CCCNC1)c1c(Cl)cccc1[N+](=O)[O-]. The van der Waals surface area contributed by atoms with Gasteiger partial charge in [0.1, 0.15) is 5.56 Å². The molecule has 21 heavy (non-hydrogen) atoms. The molecule has 114 valence electrons. The van der Waals surface area contributed by atoms with E-state index in [0.717, 1.165) is 32.4 Å².